The molecule has 0 spiro atoms. The summed E-state index contributed by atoms with van der Waals surface area (Å²) in [6.45, 7) is 45.4. The van der Waals surface area contributed by atoms with Crippen LogP contribution >= 0.6 is 34.0 Å². The van der Waals surface area contributed by atoms with E-state index in [0.717, 1.165) is 117 Å². The van der Waals surface area contributed by atoms with Crippen LogP contribution in [0, 0.1) is 132 Å². The minimum Gasteiger partial charge on any atom is -0.441 e. The zero-order chi connectivity index (χ0) is 86.3. The molecule has 121 heavy (non-hydrogen) atoms. The highest BCUT2D eigenvalue weighted by atomic mass is 32.1. The quantitative estimate of drug-likeness (QED) is 0.126. The molecule has 0 saturated carbocycles. The third-order valence-corrected chi connectivity index (χ3v) is 25.7. The van der Waals surface area contributed by atoms with Crippen molar-refractivity contribution in [1.82, 2.24) is 44.9 Å². The topological polar surface area (TPSA) is 176 Å². The predicted molar refractivity (Wildman–Crippen MR) is 524 cm³/mol. The number of oxazole rings is 2. The molecule has 0 atom stereocenters. The third kappa shape index (κ3) is 25.5. The van der Waals surface area contributed by atoms with Crippen molar-refractivity contribution in [2.75, 3.05) is 0 Å². The van der Waals surface area contributed by atoms with Gasteiger partial charge in [0.05, 0.1) is 63.9 Å². The molecule has 11 aromatic carbocycles. The minimum absolute atomic E-state index is 0.727. The minimum atomic E-state index is 0.727. The van der Waals surface area contributed by atoms with Gasteiger partial charge in [-0.2, -0.15) is 0 Å². The molecule has 610 valence electrons. The van der Waals surface area contributed by atoms with Gasteiger partial charge >= 0.3 is 0 Å². The van der Waals surface area contributed by atoms with Crippen LogP contribution in [0.4, 0.5) is 11.4 Å². The van der Waals surface area contributed by atoms with E-state index in [4.69, 9.17) is 8.83 Å². The summed E-state index contributed by atoms with van der Waals surface area (Å²) in [4.78, 5) is 45.7. The van der Waals surface area contributed by atoms with Crippen molar-refractivity contribution in [3.8, 4) is 0 Å². The summed E-state index contributed by atoms with van der Waals surface area (Å²) in [5.74, 6) is 3.41. The lowest BCUT2D eigenvalue weighted by Gasteiger charge is -1.98. The SMILES string of the molecule is CC1=Cc2ccc(C)cc2[Si]1.CC1=Nc2cc(C)ccc2[Si]1.CC1=Nc2ccc(C)cc2[Si]1.Cc1ccc2cc(C)[nH]c2c1.Cc1ccc2cc(C)sc2c1.Cc1ccc2nc(C)[nH]c2c1.Cc1ccc2nc(C)[nH]c2c1.Cc1ccc2nc(C)oc2c1.Cc1ccc2nc(C)sc2c1.Cc1ccc2oc(C)nc2c1.Cc1ccc2sc(C)nc2c1. The first kappa shape index (κ1) is 88.6. The van der Waals surface area contributed by atoms with Gasteiger partial charge in [-0.1, -0.05) is 131 Å². The number of thiazole rings is 2. The van der Waals surface area contributed by atoms with E-state index in [0.29, 0.717) is 0 Å². The van der Waals surface area contributed by atoms with E-state index in [1.807, 2.05) is 115 Å². The van der Waals surface area contributed by atoms with E-state index in [2.05, 4.69) is 322 Å². The summed E-state index contributed by atoms with van der Waals surface area (Å²) in [5.41, 5.74) is 30.7. The van der Waals surface area contributed by atoms with Crippen LogP contribution in [-0.2, 0) is 0 Å². The number of hydrogen-bond acceptors (Lipinski definition) is 13. The smallest absolute Gasteiger partial charge is 0.192 e. The van der Waals surface area contributed by atoms with Crippen molar-refractivity contribution < 1.29 is 8.83 Å². The number of allylic oxidation sites excluding steroid dienone is 1. The molecular formula is C102H105N11O2S3Si3. The average molecular weight is 1700 g/mol. The van der Waals surface area contributed by atoms with Gasteiger partial charge in [0.25, 0.3) is 0 Å². The maximum Gasteiger partial charge on any atom is 0.192 e. The Balaban J connectivity index is 0.000000122. The van der Waals surface area contributed by atoms with Crippen LogP contribution in [0.5, 0.6) is 0 Å². The molecule has 6 radical (unpaired) electrons. The van der Waals surface area contributed by atoms with Crippen LogP contribution in [0.15, 0.2) is 236 Å². The van der Waals surface area contributed by atoms with E-state index in [1.165, 1.54) is 151 Å². The van der Waals surface area contributed by atoms with Crippen molar-refractivity contribution in [1.29, 1.82) is 0 Å². The van der Waals surface area contributed by atoms with E-state index in [1.54, 1.807) is 22.7 Å². The number of benzene rings is 11. The second kappa shape index (κ2) is 40.6. The number of nitrogens with zero attached hydrogens (tertiary/aromatic N) is 8. The number of nitrogens with one attached hydrogen (secondary N) is 3. The summed E-state index contributed by atoms with van der Waals surface area (Å²) in [5, 5.41) is 13.3. The summed E-state index contributed by atoms with van der Waals surface area (Å²) in [7, 11) is 2.51. The molecule has 19 aromatic rings. The Morgan fingerprint density at radius 3 is 1.40 bits per heavy atom. The highest BCUT2D eigenvalue weighted by Gasteiger charge is 2.14. The molecular weight excluding hydrogens is 1590 g/mol. The lowest BCUT2D eigenvalue weighted by Crippen LogP contribution is -2.15. The largest absolute Gasteiger partial charge is 0.441 e. The van der Waals surface area contributed by atoms with Gasteiger partial charge in [-0.15, -0.1) is 34.0 Å². The number of hydrogen-bond donors (Lipinski definition) is 3. The summed E-state index contributed by atoms with van der Waals surface area (Å²) in [6, 6.07) is 74.2. The first-order chi connectivity index (χ1) is 57.8. The monoisotopic (exact) mass is 1700 g/mol. The molecule has 8 aromatic heterocycles. The van der Waals surface area contributed by atoms with Crippen LogP contribution in [0.25, 0.3) is 91.8 Å². The van der Waals surface area contributed by atoms with Crippen molar-refractivity contribution in [3.63, 3.8) is 0 Å². The lowest BCUT2D eigenvalue weighted by atomic mass is 10.1. The standard InChI is InChI=1S/C10H11N.C10H10S.C10H10Si.2C9H10N2.2C9H9NO.2C9H9NS.2C9H9NSi/c3*1-7-3-4-9-6-8(2)11-10(9)5-7;2*1-6-3-4-8-9(5-6)11-7(2)10-8;1-6-3-4-9-8(5-6)10-7(2)11-9;1-6-3-4-8-9(5-6)11-7(2)10-8;1-6-3-4-9-8(5-6)10-7(2)11-9;1-6-3-4-8-9(5-6)11-7(2)10-8;1-6-3-4-9-8(5-6)10-7(2)11-9;1-6-3-4-8-9(5-6)11-7(2)10-8/h3-6,11H,1-2H3;2*3-6H,1-2H3;2*3-5H,1-2H3,(H,10,11);6*3-5H,1-2H3. The van der Waals surface area contributed by atoms with Gasteiger partial charge in [-0.05, 0) is 324 Å². The van der Waals surface area contributed by atoms with Crippen LogP contribution in [0.2, 0.25) is 0 Å². The fourth-order valence-electron chi connectivity index (χ4n) is 13.6. The predicted octanol–water partition coefficient (Wildman–Crippen LogP) is 25.9. The first-order valence-electron chi connectivity index (χ1n) is 40.5. The molecule has 0 unspecified atom stereocenters. The lowest BCUT2D eigenvalue weighted by molar-refractivity contribution is 0.560. The molecule has 22 rings (SSSR count). The number of rotatable bonds is 0. The Bertz CT molecular complexity index is 5960. The highest BCUT2D eigenvalue weighted by Crippen LogP contribution is 2.28. The zero-order valence-corrected chi connectivity index (χ0v) is 78.9. The van der Waals surface area contributed by atoms with Gasteiger partial charge in [0.15, 0.2) is 22.9 Å². The van der Waals surface area contributed by atoms with E-state index >= 15 is 0 Å². The maximum absolute atomic E-state index is 5.34. The molecule has 3 aliphatic heterocycles. The van der Waals surface area contributed by atoms with Crippen molar-refractivity contribution >= 4 is 192 Å². The first-order valence-corrected chi connectivity index (χ1v) is 45.9. The molecule has 11 heterocycles. The highest BCUT2D eigenvalue weighted by molar-refractivity contribution is 7.19. The Morgan fingerprint density at radius 1 is 0.281 bits per heavy atom. The number of aromatic nitrogens is 9. The molecule has 3 N–H and O–H groups in total. The Morgan fingerprint density at radius 2 is 0.744 bits per heavy atom. The number of aryl methyl sites for hydroxylation is 19. The summed E-state index contributed by atoms with van der Waals surface area (Å²) < 4.78 is 14.6. The molecule has 0 fully saturated rings. The molecule has 0 amide bonds. The van der Waals surface area contributed by atoms with Gasteiger partial charge in [-0.25, -0.2) is 29.9 Å². The van der Waals surface area contributed by atoms with Gasteiger partial charge in [0, 0.05) is 45.3 Å². The summed E-state index contributed by atoms with van der Waals surface area (Å²) in [6.07, 6.45) is 2.28. The molecule has 0 bridgehead atoms. The number of H-pyrrole nitrogens is 3. The van der Waals surface area contributed by atoms with E-state index in [-0.39, 0.29) is 0 Å². The zero-order valence-electron chi connectivity index (χ0n) is 73.4. The number of aliphatic imine (C=N–C) groups is 2. The van der Waals surface area contributed by atoms with E-state index < -0.39 is 0 Å². The summed E-state index contributed by atoms with van der Waals surface area (Å²) >= 11 is 5.37. The van der Waals surface area contributed by atoms with Gasteiger partial charge in [0.2, 0.25) is 0 Å². The average Bonchev–Trinajstić information content (AvgIpc) is 1.84. The second-order valence-corrected chi connectivity index (χ2v) is 39.5. The molecule has 19 heteroatoms. The van der Waals surface area contributed by atoms with Crippen molar-refractivity contribution in [2.24, 2.45) is 9.98 Å². The third-order valence-electron chi connectivity index (χ3n) is 19.3. The number of thiophene rings is 1. The maximum atomic E-state index is 5.34. The fourth-order valence-corrected chi connectivity index (χ4v) is 19.8. The Hall–Kier alpha value is -11.7. The van der Waals surface area contributed by atoms with Crippen LogP contribution in [0.1, 0.15) is 132 Å². The van der Waals surface area contributed by atoms with Crippen LogP contribution in [-0.4, -0.2) is 84.1 Å². The van der Waals surface area contributed by atoms with Gasteiger partial charge in [-0.3, -0.25) is 9.98 Å². The number of fused-ring (bicyclic) bond motifs is 11. The molecule has 0 aliphatic carbocycles. The van der Waals surface area contributed by atoms with Crippen molar-refractivity contribution in [2.45, 2.75) is 152 Å². The number of imidazole rings is 2. The van der Waals surface area contributed by atoms with Gasteiger partial charge < -0.3 is 23.8 Å². The normalized spacial score (nSPS) is 11.8. The second-order valence-electron chi connectivity index (χ2n) is 31.2. The number of aromatic amines is 3. The Kier molecular flexibility index (Phi) is 29.7. The van der Waals surface area contributed by atoms with E-state index in [9.17, 15) is 0 Å². The van der Waals surface area contributed by atoms with Gasteiger partial charge in [0.1, 0.15) is 51.2 Å². The Labute approximate surface area is 730 Å². The fraction of sp³-hybridized carbons (Fsp3) is 0.216. The van der Waals surface area contributed by atoms with Crippen molar-refractivity contribution in [3.05, 3.63) is 328 Å². The molecule has 0 saturated heterocycles. The molecule has 13 nitrogen and oxygen atoms in total. The van der Waals surface area contributed by atoms with Crippen LogP contribution in [0.3, 0.4) is 0 Å². The molecule has 3 aliphatic rings. The van der Waals surface area contributed by atoms with Crippen LogP contribution < -0.4 is 15.6 Å².